The fraction of sp³-hybridized carbons (Fsp3) is 0.302. The molecule has 9 heteroatoms. The van der Waals surface area contributed by atoms with Gasteiger partial charge in [0.1, 0.15) is 6.54 Å². The zero-order chi connectivity index (χ0) is 36.5. The Hall–Kier alpha value is -5.06. The van der Waals surface area contributed by atoms with Gasteiger partial charge in [-0.05, 0) is 83.2 Å². The van der Waals surface area contributed by atoms with Crippen LogP contribution in [0.3, 0.4) is 0 Å². The van der Waals surface area contributed by atoms with Crippen molar-refractivity contribution < 1.29 is 28.9 Å². The number of rotatable bonds is 13. The quantitative estimate of drug-likeness (QED) is 0.109. The number of nitrogens with one attached hydrogen (secondary N) is 2. The summed E-state index contributed by atoms with van der Waals surface area (Å²) in [6.45, 7) is 5.02. The molecule has 1 aliphatic rings. The second kappa shape index (κ2) is 17.4. The number of aliphatic hydroxyl groups excluding tert-OH is 1. The monoisotopic (exact) mass is 701 g/mol. The standard InChI is InChI=1S/C43H47N3O6/c1-4-50-41(48)26-45-43(49)44-25-31-9-7-12-35(21-31)37-13-8-14-38(23-37)42-51-39(24-40(52-42)33-17-15-30(28-47)16-18-33)27-46(3)29(2)34-20-19-32-10-5-6-11-36(32)22-34/h5-23,29,39-40,42,47H,4,24-28H2,1-3H3,(H2,44,45,49). The Morgan fingerprint density at radius 2 is 1.58 bits per heavy atom. The van der Waals surface area contributed by atoms with Crippen LogP contribution in [0, 0.1) is 0 Å². The van der Waals surface area contributed by atoms with E-state index in [1.165, 1.54) is 16.3 Å². The maximum atomic E-state index is 12.2. The molecule has 4 unspecified atom stereocenters. The maximum absolute atomic E-state index is 12.2. The number of hydrogen-bond acceptors (Lipinski definition) is 7. The number of esters is 1. The fourth-order valence-corrected chi connectivity index (χ4v) is 6.57. The Balaban J connectivity index is 1.18. The molecule has 0 aliphatic carbocycles. The van der Waals surface area contributed by atoms with E-state index in [4.69, 9.17) is 14.2 Å². The van der Waals surface area contributed by atoms with Gasteiger partial charge in [-0.1, -0.05) is 97.1 Å². The number of benzene rings is 5. The van der Waals surface area contributed by atoms with E-state index in [0.29, 0.717) is 19.5 Å². The van der Waals surface area contributed by atoms with Gasteiger partial charge in [0, 0.05) is 31.1 Å². The van der Waals surface area contributed by atoms with Crippen LogP contribution in [0.5, 0.6) is 0 Å². The first-order valence-electron chi connectivity index (χ1n) is 17.9. The average Bonchev–Trinajstić information content (AvgIpc) is 3.19. The lowest BCUT2D eigenvalue weighted by Crippen LogP contribution is -2.38. The summed E-state index contributed by atoms with van der Waals surface area (Å²) in [5.74, 6) is -0.481. The van der Waals surface area contributed by atoms with Crippen molar-refractivity contribution in [3.8, 4) is 11.1 Å². The summed E-state index contributed by atoms with van der Waals surface area (Å²) in [4.78, 5) is 26.1. The van der Waals surface area contributed by atoms with Crippen molar-refractivity contribution in [2.24, 2.45) is 0 Å². The number of likely N-dealkylation sites (N-methyl/N-ethyl adjacent to an activating group) is 1. The van der Waals surface area contributed by atoms with Crippen LogP contribution < -0.4 is 10.6 Å². The zero-order valence-electron chi connectivity index (χ0n) is 30.0. The molecule has 9 nitrogen and oxygen atoms in total. The summed E-state index contributed by atoms with van der Waals surface area (Å²) < 4.78 is 18.3. The van der Waals surface area contributed by atoms with Crippen LogP contribution in [-0.4, -0.2) is 54.9 Å². The Morgan fingerprint density at radius 3 is 2.35 bits per heavy atom. The third-order valence-electron chi connectivity index (χ3n) is 9.59. The number of ether oxygens (including phenoxy) is 3. The molecule has 1 saturated heterocycles. The topological polar surface area (TPSA) is 109 Å². The summed E-state index contributed by atoms with van der Waals surface area (Å²) in [6.07, 6.45) is -0.221. The molecule has 5 aromatic rings. The number of amides is 2. The van der Waals surface area contributed by atoms with Crippen LogP contribution in [0.25, 0.3) is 21.9 Å². The van der Waals surface area contributed by atoms with Crippen molar-refractivity contribution >= 4 is 22.8 Å². The van der Waals surface area contributed by atoms with E-state index >= 15 is 0 Å². The molecule has 0 spiro atoms. The highest BCUT2D eigenvalue weighted by molar-refractivity contribution is 5.83. The summed E-state index contributed by atoms with van der Waals surface area (Å²) in [6, 6.07) is 38.9. The second-order valence-electron chi connectivity index (χ2n) is 13.2. The lowest BCUT2D eigenvalue weighted by molar-refractivity contribution is -0.253. The number of carbonyl (C=O) groups excluding carboxylic acids is 2. The van der Waals surface area contributed by atoms with Gasteiger partial charge in [0.25, 0.3) is 0 Å². The maximum Gasteiger partial charge on any atom is 0.325 e. The minimum atomic E-state index is -0.599. The van der Waals surface area contributed by atoms with Crippen LogP contribution in [0.2, 0.25) is 0 Å². The first kappa shape index (κ1) is 36.7. The van der Waals surface area contributed by atoms with Gasteiger partial charge >= 0.3 is 12.0 Å². The van der Waals surface area contributed by atoms with Gasteiger partial charge in [0.05, 0.1) is 25.4 Å². The molecular weight excluding hydrogens is 654 g/mol. The molecule has 0 radical (unpaired) electrons. The molecule has 6 rings (SSSR count). The molecule has 2 amide bonds. The Bertz CT molecular complexity index is 1960. The lowest BCUT2D eigenvalue weighted by Gasteiger charge is -2.39. The normalized spacial score (nSPS) is 17.8. The van der Waals surface area contributed by atoms with E-state index in [1.807, 2.05) is 66.7 Å². The number of urea groups is 1. The lowest BCUT2D eigenvalue weighted by atomic mass is 9.97. The van der Waals surface area contributed by atoms with Gasteiger partial charge in [-0.25, -0.2) is 4.79 Å². The molecule has 270 valence electrons. The first-order valence-corrected chi connectivity index (χ1v) is 17.9. The zero-order valence-corrected chi connectivity index (χ0v) is 30.0. The molecule has 5 aromatic carbocycles. The van der Waals surface area contributed by atoms with Crippen molar-refractivity contribution in [3.05, 3.63) is 143 Å². The third-order valence-corrected chi connectivity index (χ3v) is 9.59. The third kappa shape index (κ3) is 9.43. The molecule has 3 N–H and O–H groups in total. The van der Waals surface area contributed by atoms with Crippen molar-refractivity contribution in [3.63, 3.8) is 0 Å². The van der Waals surface area contributed by atoms with E-state index < -0.39 is 18.3 Å². The minimum Gasteiger partial charge on any atom is -0.465 e. The van der Waals surface area contributed by atoms with Gasteiger partial charge in [0.15, 0.2) is 6.29 Å². The second-order valence-corrected chi connectivity index (χ2v) is 13.2. The van der Waals surface area contributed by atoms with Crippen molar-refractivity contribution in [1.82, 2.24) is 15.5 Å². The van der Waals surface area contributed by atoms with Crippen molar-refractivity contribution in [2.75, 3.05) is 26.7 Å². The molecule has 1 heterocycles. The van der Waals surface area contributed by atoms with Gasteiger partial charge in [0.2, 0.25) is 0 Å². The predicted octanol–water partition coefficient (Wildman–Crippen LogP) is 7.60. The molecule has 0 aromatic heterocycles. The summed E-state index contributed by atoms with van der Waals surface area (Å²) in [5, 5.41) is 17.4. The van der Waals surface area contributed by atoms with Crippen LogP contribution in [0.4, 0.5) is 4.79 Å². The first-order chi connectivity index (χ1) is 25.3. The number of fused-ring (bicyclic) bond motifs is 1. The molecule has 0 bridgehead atoms. The van der Waals surface area contributed by atoms with Crippen LogP contribution in [0.15, 0.2) is 115 Å². The predicted molar refractivity (Wildman–Crippen MR) is 202 cm³/mol. The molecular formula is C43H47N3O6. The Kier molecular flexibility index (Phi) is 12.3. The van der Waals surface area contributed by atoms with Gasteiger partial charge in [-0.3, -0.25) is 9.69 Å². The molecule has 4 atom stereocenters. The van der Waals surface area contributed by atoms with Gasteiger partial charge in [-0.2, -0.15) is 0 Å². The van der Waals surface area contributed by atoms with E-state index in [2.05, 4.69) is 78.0 Å². The molecule has 0 saturated carbocycles. The van der Waals surface area contributed by atoms with Crippen LogP contribution in [-0.2, 0) is 32.2 Å². The van der Waals surface area contributed by atoms with E-state index in [9.17, 15) is 14.7 Å². The Labute approximate surface area is 305 Å². The number of nitrogens with zero attached hydrogens (tertiary/aromatic N) is 1. The average molecular weight is 702 g/mol. The minimum absolute atomic E-state index is 0.00957. The largest absolute Gasteiger partial charge is 0.465 e. The van der Waals surface area contributed by atoms with Gasteiger partial charge < -0.3 is 30.0 Å². The Morgan fingerprint density at radius 1 is 0.827 bits per heavy atom. The van der Waals surface area contributed by atoms with Gasteiger partial charge in [-0.15, -0.1) is 0 Å². The van der Waals surface area contributed by atoms with E-state index in [1.54, 1.807) is 6.92 Å². The molecule has 52 heavy (non-hydrogen) atoms. The fourth-order valence-electron chi connectivity index (χ4n) is 6.57. The van der Waals surface area contributed by atoms with Crippen molar-refractivity contribution in [2.45, 2.75) is 58.0 Å². The molecule has 1 fully saturated rings. The van der Waals surface area contributed by atoms with Crippen LogP contribution >= 0.6 is 0 Å². The molecule has 1 aliphatic heterocycles. The van der Waals surface area contributed by atoms with Crippen molar-refractivity contribution in [1.29, 1.82) is 0 Å². The van der Waals surface area contributed by atoms with E-state index in [-0.39, 0.29) is 38.0 Å². The highest BCUT2D eigenvalue weighted by atomic mass is 16.7. The number of carbonyl (C=O) groups is 2. The number of hydrogen-bond donors (Lipinski definition) is 3. The highest BCUT2D eigenvalue weighted by Crippen LogP contribution is 2.39. The summed E-state index contributed by atoms with van der Waals surface area (Å²) in [7, 11) is 2.14. The number of aliphatic hydroxyl groups is 1. The summed E-state index contributed by atoms with van der Waals surface area (Å²) >= 11 is 0. The van der Waals surface area contributed by atoms with Crippen LogP contribution in [0.1, 0.15) is 66.5 Å². The smallest absolute Gasteiger partial charge is 0.325 e. The van der Waals surface area contributed by atoms with E-state index in [0.717, 1.165) is 33.4 Å². The highest BCUT2D eigenvalue weighted by Gasteiger charge is 2.33. The SMILES string of the molecule is CCOC(=O)CNC(=O)NCc1cccc(-c2cccc(C3OC(CN(C)C(C)c4ccc5ccccc5c4)CC(c4ccc(CO)cc4)O3)c2)c1. The summed E-state index contributed by atoms with van der Waals surface area (Å²) in [5.41, 5.74) is 6.95.